The van der Waals surface area contributed by atoms with Gasteiger partial charge >= 0.3 is 0 Å². The van der Waals surface area contributed by atoms with Crippen LogP contribution in [-0.4, -0.2) is 29.8 Å². The molecule has 0 saturated heterocycles. The van der Waals surface area contributed by atoms with Gasteiger partial charge in [-0.05, 0) is 19.3 Å². The smallest absolute Gasteiger partial charge is 0.109 e. The van der Waals surface area contributed by atoms with Crippen LogP contribution in [0.15, 0.2) is 0 Å². The maximum absolute atomic E-state index is 5.23. The summed E-state index contributed by atoms with van der Waals surface area (Å²) in [6.45, 7) is 9.60. The number of rotatable bonds is 6. The minimum absolute atomic E-state index is 0.475. The van der Waals surface area contributed by atoms with E-state index in [9.17, 15) is 0 Å². The van der Waals surface area contributed by atoms with Gasteiger partial charge in [-0.1, -0.05) is 13.8 Å². The van der Waals surface area contributed by atoms with Crippen molar-refractivity contribution in [1.29, 1.82) is 0 Å². The molecule has 0 aliphatic carbocycles. The van der Waals surface area contributed by atoms with Gasteiger partial charge in [0.1, 0.15) is 5.82 Å². The highest BCUT2D eigenvalue weighted by atomic mass is 16.5. The number of hydrogen-bond acceptors (Lipinski definition) is 3. The van der Waals surface area contributed by atoms with Crippen LogP contribution in [0, 0.1) is 5.92 Å². The molecular weight excluding hydrogens is 238 g/mol. The molecule has 0 spiro atoms. The van der Waals surface area contributed by atoms with Crippen molar-refractivity contribution < 1.29 is 4.74 Å². The van der Waals surface area contributed by atoms with Gasteiger partial charge in [0, 0.05) is 51.4 Å². The lowest BCUT2D eigenvalue weighted by Gasteiger charge is -2.22. The molecule has 2 rings (SSSR count). The van der Waals surface area contributed by atoms with Crippen LogP contribution in [0.3, 0.4) is 0 Å². The molecule has 19 heavy (non-hydrogen) atoms. The Morgan fingerprint density at radius 2 is 2.16 bits per heavy atom. The Morgan fingerprint density at radius 3 is 2.84 bits per heavy atom. The Bertz CT molecular complexity index is 412. The summed E-state index contributed by atoms with van der Waals surface area (Å²) in [6, 6.07) is 0.475. The molecule has 108 valence electrons. The van der Waals surface area contributed by atoms with E-state index in [1.54, 1.807) is 7.11 Å². The first-order valence-corrected chi connectivity index (χ1v) is 7.42. The van der Waals surface area contributed by atoms with E-state index in [4.69, 9.17) is 9.72 Å². The highest BCUT2D eigenvalue weighted by molar-refractivity contribution is 5.21. The zero-order valence-electron chi connectivity index (χ0n) is 12.7. The Morgan fingerprint density at radius 1 is 1.37 bits per heavy atom. The van der Waals surface area contributed by atoms with Crippen LogP contribution in [0.5, 0.6) is 0 Å². The van der Waals surface area contributed by atoms with E-state index in [1.165, 1.54) is 17.2 Å². The lowest BCUT2D eigenvalue weighted by atomic mass is 10.1. The summed E-state index contributed by atoms with van der Waals surface area (Å²) in [5.74, 6) is 1.90. The maximum Gasteiger partial charge on any atom is 0.109 e. The van der Waals surface area contributed by atoms with Gasteiger partial charge in [-0.25, -0.2) is 4.98 Å². The summed E-state index contributed by atoms with van der Waals surface area (Å²) in [5, 5.41) is 3.42. The molecule has 0 fully saturated rings. The van der Waals surface area contributed by atoms with Crippen LogP contribution in [0.1, 0.15) is 50.4 Å². The first-order valence-electron chi connectivity index (χ1n) is 7.42. The summed E-state index contributed by atoms with van der Waals surface area (Å²) in [7, 11) is 1.77. The Labute approximate surface area is 116 Å². The number of nitrogens with one attached hydrogen (secondary N) is 1. The average Bonchev–Trinajstić information content (AvgIpc) is 2.72. The van der Waals surface area contributed by atoms with Gasteiger partial charge < -0.3 is 14.6 Å². The Balaban J connectivity index is 2.28. The van der Waals surface area contributed by atoms with E-state index in [1.807, 2.05) is 0 Å². The molecule has 1 N–H and O–H groups in total. The van der Waals surface area contributed by atoms with Crippen molar-refractivity contribution in [3.05, 3.63) is 17.2 Å². The number of aromatic nitrogens is 2. The third-order valence-electron chi connectivity index (χ3n) is 3.77. The molecule has 2 heterocycles. The predicted octanol–water partition coefficient (Wildman–Crippen LogP) is 2.32. The fourth-order valence-corrected chi connectivity index (χ4v) is 2.84. The molecule has 1 aliphatic rings. The van der Waals surface area contributed by atoms with Gasteiger partial charge in [0.25, 0.3) is 0 Å². The molecule has 0 saturated carbocycles. The largest absolute Gasteiger partial charge is 0.385 e. The van der Waals surface area contributed by atoms with Crippen molar-refractivity contribution in [3.63, 3.8) is 0 Å². The van der Waals surface area contributed by atoms with Crippen molar-refractivity contribution in [1.82, 2.24) is 14.9 Å². The molecule has 4 nitrogen and oxygen atoms in total. The number of ether oxygens (including phenoxy) is 1. The molecule has 1 unspecified atom stereocenters. The normalized spacial score (nSPS) is 16.7. The monoisotopic (exact) mass is 265 g/mol. The Hall–Kier alpha value is -0.870. The molecule has 1 atom stereocenters. The topological polar surface area (TPSA) is 39.1 Å². The summed E-state index contributed by atoms with van der Waals surface area (Å²) in [4.78, 5) is 4.88. The number of fused-ring (bicyclic) bond motifs is 1. The van der Waals surface area contributed by atoms with Crippen molar-refractivity contribution >= 4 is 0 Å². The fraction of sp³-hybridized carbons (Fsp3) is 0.800. The third kappa shape index (κ3) is 3.37. The average molecular weight is 265 g/mol. The van der Waals surface area contributed by atoms with Gasteiger partial charge in [-0.2, -0.15) is 0 Å². The first kappa shape index (κ1) is 14.5. The number of methoxy groups -OCH3 is 1. The summed E-state index contributed by atoms with van der Waals surface area (Å²) < 4.78 is 7.71. The Kier molecular flexibility index (Phi) is 4.99. The lowest BCUT2D eigenvalue weighted by molar-refractivity contribution is 0.179. The van der Waals surface area contributed by atoms with Crippen LogP contribution in [0.2, 0.25) is 0 Å². The molecule has 1 aromatic rings. The van der Waals surface area contributed by atoms with E-state index in [-0.39, 0.29) is 0 Å². The van der Waals surface area contributed by atoms with Crippen LogP contribution in [0.4, 0.5) is 0 Å². The van der Waals surface area contributed by atoms with E-state index in [0.717, 1.165) is 39.0 Å². The molecule has 0 aromatic carbocycles. The zero-order valence-corrected chi connectivity index (χ0v) is 12.7. The highest BCUT2D eigenvalue weighted by Crippen LogP contribution is 2.24. The van der Waals surface area contributed by atoms with Gasteiger partial charge in [0.15, 0.2) is 0 Å². The second kappa shape index (κ2) is 6.53. The molecular formula is C15H27N3O. The molecule has 0 bridgehead atoms. The highest BCUT2D eigenvalue weighted by Gasteiger charge is 2.22. The van der Waals surface area contributed by atoms with Gasteiger partial charge in [0.2, 0.25) is 0 Å². The number of imidazole rings is 1. The minimum atomic E-state index is 0.475. The van der Waals surface area contributed by atoms with Crippen LogP contribution < -0.4 is 5.32 Å². The molecule has 1 aliphatic heterocycles. The minimum Gasteiger partial charge on any atom is -0.385 e. The quantitative estimate of drug-likeness (QED) is 0.858. The molecule has 0 radical (unpaired) electrons. The van der Waals surface area contributed by atoms with Gasteiger partial charge in [-0.15, -0.1) is 0 Å². The van der Waals surface area contributed by atoms with Crippen LogP contribution in [-0.2, 0) is 24.1 Å². The summed E-state index contributed by atoms with van der Waals surface area (Å²) >= 11 is 0. The second-order valence-corrected chi connectivity index (χ2v) is 5.95. The van der Waals surface area contributed by atoms with Crippen molar-refractivity contribution in [3.8, 4) is 0 Å². The first-order chi connectivity index (χ1) is 9.13. The van der Waals surface area contributed by atoms with Crippen molar-refractivity contribution in [2.45, 2.75) is 52.6 Å². The number of hydrogen-bond donors (Lipinski definition) is 1. The molecule has 4 heteroatoms. The third-order valence-corrected chi connectivity index (χ3v) is 3.77. The van der Waals surface area contributed by atoms with Gasteiger partial charge in [0.05, 0.1) is 5.69 Å². The van der Waals surface area contributed by atoms with E-state index in [0.29, 0.717) is 12.0 Å². The molecule has 0 amide bonds. The second-order valence-electron chi connectivity index (χ2n) is 5.95. The van der Waals surface area contributed by atoms with Crippen molar-refractivity contribution in [2.75, 3.05) is 20.3 Å². The lowest BCUT2D eigenvalue weighted by Crippen LogP contribution is -2.26. The standard InChI is InChI=1S/C15H27N3O/c1-11(2)9-15-17-13-10-16-7-5-14(13)18(15)12(3)6-8-19-4/h11-12,16H,5-10H2,1-4H3. The zero-order chi connectivity index (χ0) is 13.8. The van der Waals surface area contributed by atoms with Gasteiger partial charge in [-0.3, -0.25) is 0 Å². The van der Waals surface area contributed by atoms with Crippen LogP contribution >= 0.6 is 0 Å². The fourth-order valence-electron chi connectivity index (χ4n) is 2.84. The maximum atomic E-state index is 5.23. The van der Waals surface area contributed by atoms with Crippen molar-refractivity contribution in [2.24, 2.45) is 5.92 Å². The predicted molar refractivity (Wildman–Crippen MR) is 77.4 cm³/mol. The molecule has 1 aromatic heterocycles. The summed E-state index contributed by atoms with van der Waals surface area (Å²) in [6.07, 6.45) is 3.21. The number of nitrogens with zero attached hydrogens (tertiary/aromatic N) is 2. The SMILES string of the molecule is COCCC(C)n1c(CC(C)C)nc2c1CCNC2. The van der Waals surface area contributed by atoms with E-state index >= 15 is 0 Å². The van der Waals surface area contributed by atoms with E-state index < -0.39 is 0 Å². The van der Waals surface area contributed by atoms with E-state index in [2.05, 4.69) is 30.7 Å². The van der Waals surface area contributed by atoms with Crippen LogP contribution in [0.25, 0.3) is 0 Å². The summed E-state index contributed by atoms with van der Waals surface area (Å²) in [5.41, 5.74) is 2.70.